The molecule has 0 saturated heterocycles. The van der Waals surface area contributed by atoms with Gasteiger partial charge >= 0.3 is 0 Å². The molecule has 1 amide bonds. The van der Waals surface area contributed by atoms with E-state index < -0.39 is 0 Å². The number of hydrogen-bond donors (Lipinski definition) is 1. The first-order chi connectivity index (χ1) is 10.1. The Hall–Kier alpha value is -2.04. The van der Waals surface area contributed by atoms with Gasteiger partial charge in [0.05, 0.1) is 5.71 Å². The molecule has 0 bridgehead atoms. The highest BCUT2D eigenvalue weighted by atomic mass is 16.5. The summed E-state index contributed by atoms with van der Waals surface area (Å²) in [4.78, 5) is 14.0. The number of ether oxygens (including phenoxy) is 1. The van der Waals surface area contributed by atoms with Crippen molar-refractivity contribution in [2.45, 2.75) is 39.7 Å². The van der Waals surface area contributed by atoms with E-state index >= 15 is 0 Å². The molecule has 1 aromatic carbocycles. The van der Waals surface area contributed by atoms with Crippen LogP contribution in [0, 0.1) is 6.92 Å². The summed E-state index contributed by atoms with van der Waals surface area (Å²) in [6, 6.07) is 6.00. The third-order valence-corrected chi connectivity index (χ3v) is 3.68. The van der Waals surface area contributed by atoms with Gasteiger partial charge in [-0.15, -0.1) is 0 Å². The minimum Gasteiger partial charge on any atom is -0.483 e. The number of aryl methyl sites for hydroxylation is 1. The molecular weight excluding hydrogens is 268 g/mol. The van der Waals surface area contributed by atoms with Crippen LogP contribution in [0.1, 0.15) is 37.8 Å². The zero-order valence-electron chi connectivity index (χ0n) is 12.8. The predicted octanol–water partition coefficient (Wildman–Crippen LogP) is 2.58. The first kappa shape index (κ1) is 15.4. The molecule has 1 aliphatic carbocycles. The molecule has 5 heteroatoms. The van der Waals surface area contributed by atoms with E-state index in [1.54, 1.807) is 6.92 Å². The number of oxime groups is 1. The molecule has 1 aromatic rings. The topological polar surface area (TPSA) is 62.1 Å². The van der Waals surface area contributed by atoms with Gasteiger partial charge in [0.1, 0.15) is 5.75 Å². The molecule has 0 unspecified atom stereocenters. The van der Waals surface area contributed by atoms with E-state index in [4.69, 9.17) is 9.94 Å². The van der Waals surface area contributed by atoms with E-state index in [1.165, 1.54) is 0 Å². The molecule has 114 valence electrons. The van der Waals surface area contributed by atoms with Crippen molar-refractivity contribution in [1.29, 1.82) is 0 Å². The molecule has 0 spiro atoms. The summed E-state index contributed by atoms with van der Waals surface area (Å²) in [5, 5.41) is 12.1. The normalized spacial score (nSPS) is 14.9. The number of benzene rings is 1. The monoisotopic (exact) mass is 290 g/mol. The lowest BCUT2D eigenvalue weighted by atomic mass is 10.1. The van der Waals surface area contributed by atoms with Crippen molar-refractivity contribution < 1.29 is 14.7 Å². The lowest BCUT2D eigenvalue weighted by molar-refractivity contribution is -0.133. The molecule has 0 aliphatic heterocycles. The van der Waals surface area contributed by atoms with Crippen molar-refractivity contribution in [3.8, 4) is 5.75 Å². The van der Waals surface area contributed by atoms with Gasteiger partial charge in [-0.25, -0.2) is 0 Å². The number of hydrogen-bond acceptors (Lipinski definition) is 4. The Morgan fingerprint density at radius 1 is 1.48 bits per heavy atom. The summed E-state index contributed by atoms with van der Waals surface area (Å²) >= 11 is 0. The number of likely N-dealkylation sites (N-methyl/N-ethyl adjacent to an activating group) is 1. The van der Waals surface area contributed by atoms with Gasteiger partial charge in [0.2, 0.25) is 0 Å². The molecule has 21 heavy (non-hydrogen) atoms. The highest BCUT2D eigenvalue weighted by Crippen LogP contribution is 2.27. The number of carbonyl (C=O) groups excluding carboxylic acids is 1. The first-order valence-electron chi connectivity index (χ1n) is 7.28. The third-order valence-electron chi connectivity index (χ3n) is 3.68. The van der Waals surface area contributed by atoms with Crippen molar-refractivity contribution in [3.63, 3.8) is 0 Å². The standard InChI is InChI=1S/C16H22N2O3/c1-4-18(13-6-7-13)16(19)10-21-15-9-11(2)5-8-14(15)12(3)17-20/h5,8-9,13,20H,4,6-7,10H2,1-3H3. The summed E-state index contributed by atoms with van der Waals surface area (Å²) in [7, 11) is 0. The van der Waals surface area contributed by atoms with Crippen molar-refractivity contribution >= 4 is 11.6 Å². The van der Waals surface area contributed by atoms with E-state index in [0.717, 1.165) is 18.4 Å². The van der Waals surface area contributed by atoms with Gasteiger partial charge < -0.3 is 14.8 Å². The molecule has 1 aliphatic rings. The predicted molar refractivity (Wildman–Crippen MR) is 81.1 cm³/mol. The van der Waals surface area contributed by atoms with Gasteiger partial charge in [-0.2, -0.15) is 0 Å². The Morgan fingerprint density at radius 2 is 2.19 bits per heavy atom. The summed E-state index contributed by atoms with van der Waals surface area (Å²) in [5.41, 5.74) is 2.19. The maximum Gasteiger partial charge on any atom is 0.260 e. The van der Waals surface area contributed by atoms with Gasteiger partial charge in [-0.3, -0.25) is 4.79 Å². The maximum absolute atomic E-state index is 12.2. The number of amides is 1. The molecule has 1 saturated carbocycles. The van der Waals surface area contributed by atoms with Gasteiger partial charge in [-0.1, -0.05) is 11.2 Å². The van der Waals surface area contributed by atoms with E-state index in [-0.39, 0.29) is 12.5 Å². The smallest absolute Gasteiger partial charge is 0.260 e. The van der Waals surface area contributed by atoms with Crippen molar-refractivity contribution in [3.05, 3.63) is 29.3 Å². The fraction of sp³-hybridized carbons (Fsp3) is 0.500. The third kappa shape index (κ3) is 3.74. The summed E-state index contributed by atoms with van der Waals surface area (Å²) in [5.74, 6) is 0.580. The zero-order valence-corrected chi connectivity index (χ0v) is 12.8. The average Bonchev–Trinajstić information content (AvgIpc) is 3.30. The molecule has 0 atom stereocenters. The average molecular weight is 290 g/mol. The highest BCUT2D eigenvalue weighted by molar-refractivity contribution is 6.00. The van der Waals surface area contributed by atoms with Crippen LogP contribution in [0.4, 0.5) is 0 Å². The molecule has 5 nitrogen and oxygen atoms in total. The second kappa shape index (κ2) is 6.61. The Bertz CT molecular complexity index is 550. The Balaban J connectivity index is 2.08. The van der Waals surface area contributed by atoms with Gasteiger partial charge in [0.25, 0.3) is 5.91 Å². The Morgan fingerprint density at radius 3 is 2.76 bits per heavy atom. The van der Waals surface area contributed by atoms with Crippen LogP contribution in [-0.2, 0) is 4.79 Å². The van der Waals surface area contributed by atoms with Crippen LogP contribution in [0.2, 0.25) is 0 Å². The van der Waals surface area contributed by atoms with Crippen molar-refractivity contribution in [1.82, 2.24) is 4.90 Å². The quantitative estimate of drug-likeness (QED) is 0.497. The fourth-order valence-electron chi connectivity index (χ4n) is 2.35. The van der Waals surface area contributed by atoms with E-state index in [9.17, 15) is 4.79 Å². The van der Waals surface area contributed by atoms with Gasteiger partial charge in [0.15, 0.2) is 6.61 Å². The lowest BCUT2D eigenvalue weighted by Crippen LogP contribution is -2.36. The molecule has 0 radical (unpaired) electrons. The van der Waals surface area contributed by atoms with Gasteiger partial charge in [0, 0.05) is 18.2 Å². The minimum absolute atomic E-state index is 0.00560. The summed E-state index contributed by atoms with van der Waals surface area (Å²) < 4.78 is 5.68. The number of nitrogens with zero attached hydrogens (tertiary/aromatic N) is 2. The number of rotatable bonds is 6. The SMILES string of the molecule is CCN(C(=O)COc1cc(C)ccc1C(C)=NO)C1CC1. The highest BCUT2D eigenvalue weighted by Gasteiger charge is 2.31. The van der Waals surface area contributed by atoms with Crippen LogP contribution in [0.3, 0.4) is 0 Å². The van der Waals surface area contributed by atoms with Crippen LogP contribution in [0.25, 0.3) is 0 Å². The van der Waals surface area contributed by atoms with Crippen molar-refractivity contribution in [2.24, 2.45) is 5.16 Å². The molecular formula is C16H22N2O3. The number of carbonyl (C=O) groups is 1. The van der Waals surface area contributed by atoms with Crippen LogP contribution in [0.15, 0.2) is 23.4 Å². The zero-order chi connectivity index (χ0) is 15.4. The fourth-order valence-corrected chi connectivity index (χ4v) is 2.35. The Labute approximate surface area is 125 Å². The Kier molecular flexibility index (Phi) is 4.83. The summed E-state index contributed by atoms with van der Waals surface area (Å²) in [6.07, 6.45) is 2.18. The van der Waals surface area contributed by atoms with E-state index in [2.05, 4.69) is 5.16 Å². The van der Waals surface area contributed by atoms with E-state index in [0.29, 0.717) is 29.6 Å². The molecule has 1 N–H and O–H groups in total. The molecule has 0 aromatic heterocycles. The second-order valence-electron chi connectivity index (χ2n) is 5.38. The van der Waals surface area contributed by atoms with Crippen LogP contribution >= 0.6 is 0 Å². The van der Waals surface area contributed by atoms with Crippen LogP contribution in [0.5, 0.6) is 5.75 Å². The minimum atomic E-state index is 0.00560. The second-order valence-corrected chi connectivity index (χ2v) is 5.38. The summed E-state index contributed by atoms with van der Waals surface area (Å²) in [6.45, 7) is 6.36. The van der Waals surface area contributed by atoms with E-state index in [1.807, 2.05) is 36.9 Å². The largest absolute Gasteiger partial charge is 0.483 e. The molecule has 2 rings (SSSR count). The lowest BCUT2D eigenvalue weighted by Gasteiger charge is -2.21. The van der Waals surface area contributed by atoms with Crippen LogP contribution < -0.4 is 4.74 Å². The molecule has 1 fully saturated rings. The first-order valence-corrected chi connectivity index (χ1v) is 7.28. The van der Waals surface area contributed by atoms with Crippen molar-refractivity contribution in [2.75, 3.05) is 13.2 Å². The maximum atomic E-state index is 12.2. The van der Waals surface area contributed by atoms with Crippen LogP contribution in [-0.4, -0.2) is 40.9 Å². The van der Waals surface area contributed by atoms with Gasteiger partial charge in [-0.05, 0) is 51.3 Å². The molecule has 0 heterocycles.